The number of carbonyl (C=O) groups is 3. The number of benzene rings is 2. The lowest BCUT2D eigenvalue weighted by Crippen LogP contribution is -2.56. The Morgan fingerprint density at radius 1 is 0.875 bits per heavy atom. The van der Waals surface area contributed by atoms with Gasteiger partial charge >= 0.3 is 6.09 Å². The van der Waals surface area contributed by atoms with Crippen LogP contribution < -0.4 is 16.4 Å². The molecule has 1 aliphatic carbocycles. The average Bonchev–Trinajstić information content (AvgIpc) is 2.82. The summed E-state index contributed by atoms with van der Waals surface area (Å²) in [6, 6.07) is 17.0. The van der Waals surface area contributed by atoms with Crippen LogP contribution in [-0.4, -0.2) is 30.0 Å². The Labute approximate surface area is 188 Å². The minimum Gasteiger partial charge on any atom is -0.445 e. The van der Waals surface area contributed by atoms with E-state index in [0.717, 1.165) is 43.2 Å². The fourth-order valence-electron chi connectivity index (χ4n) is 4.11. The van der Waals surface area contributed by atoms with E-state index in [4.69, 9.17) is 10.5 Å². The number of carbonyl (C=O) groups excluding carboxylic acids is 3. The first-order valence-electron chi connectivity index (χ1n) is 11.1. The van der Waals surface area contributed by atoms with Gasteiger partial charge in [0.25, 0.3) is 0 Å². The molecule has 170 valence electrons. The van der Waals surface area contributed by atoms with Gasteiger partial charge in [0.15, 0.2) is 0 Å². The van der Waals surface area contributed by atoms with Crippen LogP contribution in [-0.2, 0) is 27.4 Å². The predicted molar refractivity (Wildman–Crippen MR) is 121 cm³/mol. The van der Waals surface area contributed by atoms with Crippen LogP contribution in [0.15, 0.2) is 60.7 Å². The molecule has 3 amide bonds. The van der Waals surface area contributed by atoms with Gasteiger partial charge in [-0.05, 0) is 29.9 Å². The number of rotatable bonds is 9. The molecule has 0 heterocycles. The fraction of sp³-hybridized carbons (Fsp3) is 0.400. The molecule has 0 unspecified atom stereocenters. The van der Waals surface area contributed by atoms with E-state index in [0.29, 0.717) is 0 Å². The third-order valence-electron chi connectivity index (χ3n) is 5.83. The summed E-state index contributed by atoms with van der Waals surface area (Å²) in [4.78, 5) is 37.7. The molecular weight excluding hydrogens is 406 g/mol. The van der Waals surface area contributed by atoms with Crippen molar-refractivity contribution in [1.29, 1.82) is 0 Å². The molecule has 0 radical (unpaired) electrons. The maximum absolute atomic E-state index is 13.1. The molecule has 2 atom stereocenters. The topological polar surface area (TPSA) is 111 Å². The largest absolute Gasteiger partial charge is 0.445 e. The summed E-state index contributed by atoms with van der Waals surface area (Å²) in [6.45, 7) is 0.0956. The van der Waals surface area contributed by atoms with Crippen molar-refractivity contribution in [2.75, 3.05) is 0 Å². The molecule has 2 aromatic carbocycles. The smallest absolute Gasteiger partial charge is 0.408 e. The number of alkyl carbamates (subject to hydrolysis) is 1. The van der Waals surface area contributed by atoms with E-state index in [2.05, 4.69) is 10.6 Å². The van der Waals surface area contributed by atoms with Crippen LogP contribution in [0.25, 0.3) is 0 Å². The summed E-state index contributed by atoms with van der Waals surface area (Å²) in [6.07, 6.45) is 4.43. The van der Waals surface area contributed by atoms with E-state index in [1.807, 2.05) is 60.7 Å². The molecule has 0 aliphatic heterocycles. The first-order chi connectivity index (χ1) is 15.5. The normalized spacial score (nSPS) is 15.9. The second kappa shape index (κ2) is 11.9. The van der Waals surface area contributed by atoms with Gasteiger partial charge in [-0.2, -0.15) is 0 Å². The van der Waals surface area contributed by atoms with Gasteiger partial charge < -0.3 is 21.1 Å². The molecule has 1 saturated carbocycles. The van der Waals surface area contributed by atoms with Crippen molar-refractivity contribution in [3.63, 3.8) is 0 Å². The van der Waals surface area contributed by atoms with Crippen LogP contribution in [0.4, 0.5) is 4.79 Å². The van der Waals surface area contributed by atoms with Crippen molar-refractivity contribution in [1.82, 2.24) is 10.6 Å². The Balaban J connectivity index is 1.67. The van der Waals surface area contributed by atoms with E-state index < -0.39 is 30.0 Å². The third kappa shape index (κ3) is 7.11. The number of hydrogen-bond donors (Lipinski definition) is 3. The van der Waals surface area contributed by atoms with Crippen LogP contribution in [0, 0.1) is 5.92 Å². The molecule has 1 fully saturated rings. The predicted octanol–water partition coefficient (Wildman–Crippen LogP) is 3.07. The van der Waals surface area contributed by atoms with Gasteiger partial charge in [-0.1, -0.05) is 79.9 Å². The van der Waals surface area contributed by atoms with E-state index in [9.17, 15) is 14.4 Å². The second-order valence-electron chi connectivity index (χ2n) is 8.24. The van der Waals surface area contributed by atoms with Gasteiger partial charge in [-0.3, -0.25) is 9.59 Å². The molecule has 1 aliphatic rings. The van der Waals surface area contributed by atoms with Crippen molar-refractivity contribution in [2.24, 2.45) is 11.7 Å². The number of ether oxygens (including phenoxy) is 1. The summed E-state index contributed by atoms with van der Waals surface area (Å²) in [7, 11) is 0. The van der Waals surface area contributed by atoms with Crippen molar-refractivity contribution in [3.8, 4) is 0 Å². The molecule has 7 nitrogen and oxygen atoms in total. The zero-order valence-corrected chi connectivity index (χ0v) is 18.2. The van der Waals surface area contributed by atoms with Gasteiger partial charge in [0.05, 0.1) is 0 Å². The monoisotopic (exact) mass is 437 g/mol. The molecule has 0 aromatic heterocycles. The van der Waals surface area contributed by atoms with Crippen LogP contribution in [0.1, 0.15) is 43.2 Å². The maximum Gasteiger partial charge on any atom is 0.408 e. The lowest BCUT2D eigenvalue weighted by atomic mass is 9.83. The quantitative estimate of drug-likeness (QED) is 0.560. The highest BCUT2D eigenvalue weighted by atomic mass is 16.5. The summed E-state index contributed by atoms with van der Waals surface area (Å²) >= 11 is 0. The van der Waals surface area contributed by atoms with Crippen LogP contribution in [0.2, 0.25) is 0 Å². The van der Waals surface area contributed by atoms with Gasteiger partial charge in [0, 0.05) is 6.42 Å². The maximum atomic E-state index is 13.1. The molecule has 3 rings (SSSR count). The number of hydrogen-bond acceptors (Lipinski definition) is 4. The Morgan fingerprint density at radius 2 is 1.47 bits per heavy atom. The third-order valence-corrected chi connectivity index (χ3v) is 5.83. The SMILES string of the molecule is NC(=O)[C@H](NC(=O)[C@H](Cc1ccccc1)NC(=O)OCc1ccccc1)C1CCCCC1. The van der Waals surface area contributed by atoms with Crippen molar-refractivity contribution in [2.45, 2.75) is 57.2 Å². The van der Waals surface area contributed by atoms with E-state index >= 15 is 0 Å². The van der Waals surface area contributed by atoms with E-state index in [1.165, 1.54) is 0 Å². The number of nitrogens with one attached hydrogen (secondary N) is 2. The van der Waals surface area contributed by atoms with E-state index in [-0.39, 0.29) is 18.9 Å². The van der Waals surface area contributed by atoms with Crippen molar-refractivity contribution >= 4 is 17.9 Å². The van der Waals surface area contributed by atoms with E-state index in [1.54, 1.807) is 0 Å². The van der Waals surface area contributed by atoms with Crippen molar-refractivity contribution in [3.05, 3.63) is 71.8 Å². The van der Waals surface area contributed by atoms with Crippen LogP contribution in [0.5, 0.6) is 0 Å². The molecule has 32 heavy (non-hydrogen) atoms. The first kappa shape index (κ1) is 23.3. The van der Waals surface area contributed by atoms with Crippen LogP contribution >= 0.6 is 0 Å². The molecule has 2 aromatic rings. The number of nitrogens with two attached hydrogens (primary N) is 1. The lowest BCUT2D eigenvalue weighted by molar-refractivity contribution is -0.130. The first-order valence-corrected chi connectivity index (χ1v) is 11.1. The fourth-order valence-corrected chi connectivity index (χ4v) is 4.11. The van der Waals surface area contributed by atoms with Crippen molar-refractivity contribution < 1.29 is 19.1 Å². The molecule has 0 saturated heterocycles. The van der Waals surface area contributed by atoms with Gasteiger partial charge in [-0.15, -0.1) is 0 Å². The summed E-state index contributed by atoms with van der Waals surface area (Å²) < 4.78 is 5.29. The van der Waals surface area contributed by atoms with Gasteiger partial charge in [0.1, 0.15) is 18.7 Å². The zero-order valence-electron chi connectivity index (χ0n) is 18.2. The number of amides is 3. The highest BCUT2D eigenvalue weighted by Crippen LogP contribution is 2.26. The van der Waals surface area contributed by atoms with Crippen LogP contribution in [0.3, 0.4) is 0 Å². The molecule has 7 heteroatoms. The minimum atomic E-state index is -0.897. The Bertz CT molecular complexity index is 883. The molecule has 0 bridgehead atoms. The molecule has 4 N–H and O–H groups in total. The summed E-state index contributed by atoms with van der Waals surface area (Å²) in [5, 5.41) is 5.46. The molecule has 0 spiro atoms. The summed E-state index contributed by atoms with van der Waals surface area (Å²) in [5.41, 5.74) is 7.34. The number of primary amides is 1. The highest BCUT2D eigenvalue weighted by Gasteiger charge is 2.32. The lowest BCUT2D eigenvalue weighted by Gasteiger charge is -2.30. The Hall–Kier alpha value is -3.35. The van der Waals surface area contributed by atoms with Gasteiger partial charge in [-0.25, -0.2) is 4.79 Å². The molecular formula is C25H31N3O4. The highest BCUT2D eigenvalue weighted by molar-refractivity contribution is 5.91. The van der Waals surface area contributed by atoms with Gasteiger partial charge in [0.2, 0.25) is 11.8 Å². The summed E-state index contributed by atoms with van der Waals surface area (Å²) in [5.74, 6) is -0.970. The second-order valence-corrected chi connectivity index (χ2v) is 8.24. The zero-order chi connectivity index (χ0) is 22.8. The minimum absolute atomic E-state index is 0.0209. The average molecular weight is 438 g/mol. The standard InChI is InChI=1S/C25H31N3O4/c26-23(29)22(20-14-8-3-9-15-20)28-24(30)21(16-18-10-4-1-5-11-18)27-25(31)32-17-19-12-6-2-7-13-19/h1-2,4-7,10-13,20-22H,3,8-9,14-17H2,(H2,26,29)(H,27,31)(H,28,30)/t21-,22+/m0/s1. The Morgan fingerprint density at radius 3 is 2.06 bits per heavy atom. The Kier molecular flexibility index (Phi) is 8.66.